The van der Waals surface area contributed by atoms with E-state index >= 15 is 0 Å². The molecular weight excluding hydrogens is 298 g/mol. The molecule has 0 bridgehead atoms. The lowest BCUT2D eigenvalue weighted by molar-refractivity contribution is -0.142. The van der Waals surface area contributed by atoms with Crippen molar-refractivity contribution in [1.29, 1.82) is 0 Å². The lowest BCUT2D eigenvalue weighted by Crippen LogP contribution is -2.29. The number of hydrogen-bond donors (Lipinski definition) is 1. The van der Waals surface area contributed by atoms with Crippen molar-refractivity contribution in [3.63, 3.8) is 0 Å². The minimum absolute atomic E-state index is 0.0124. The normalized spacial score (nSPS) is 21.0. The number of carboxylic acid groups (broad SMARTS) is 1. The Hall–Kier alpha value is -2.14. The first kappa shape index (κ1) is 14.8. The summed E-state index contributed by atoms with van der Waals surface area (Å²) in [7, 11) is 0. The summed E-state index contributed by atoms with van der Waals surface area (Å²) >= 11 is 1.41. The molecule has 1 aromatic heterocycles. The van der Waals surface area contributed by atoms with Crippen molar-refractivity contribution < 1.29 is 14.7 Å². The van der Waals surface area contributed by atoms with Gasteiger partial charge < -0.3 is 10.0 Å². The van der Waals surface area contributed by atoms with Gasteiger partial charge in [0.1, 0.15) is 0 Å². The van der Waals surface area contributed by atoms with Crippen LogP contribution in [0.25, 0.3) is 11.1 Å². The maximum Gasteiger partial charge on any atom is 0.308 e. The van der Waals surface area contributed by atoms with Crippen LogP contribution < -0.4 is 0 Å². The first-order chi connectivity index (χ1) is 10.6. The van der Waals surface area contributed by atoms with Crippen molar-refractivity contribution in [2.45, 2.75) is 6.92 Å². The van der Waals surface area contributed by atoms with Crippen LogP contribution in [0.5, 0.6) is 0 Å². The SMILES string of the molecule is C[C@@H]1CN(C(=O)c2sccc2-c2ccccc2)C[C@H]1C(=O)O. The Morgan fingerprint density at radius 1 is 1.18 bits per heavy atom. The molecule has 1 fully saturated rings. The largest absolute Gasteiger partial charge is 0.481 e. The highest BCUT2D eigenvalue weighted by atomic mass is 32.1. The van der Waals surface area contributed by atoms with Crippen LogP contribution in [0.15, 0.2) is 41.8 Å². The highest BCUT2D eigenvalue weighted by Crippen LogP contribution is 2.32. The number of likely N-dealkylation sites (tertiary alicyclic amines) is 1. The van der Waals surface area contributed by atoms with Gasteiger partial charge in [0.2, 0.25) is 0 Å². The van der Waals surface area contributed by atoms with Gasteiger partial charge in [-0.15, -0.1) is 11.3 Å². The van der Waals surface area contributed by atoms with E-state index in [9.17, 15) is 14.7 Å². The summed E-state index contributed by atoms with van der Waals surface area (Å²) in [5.41, 5.74) is 1.93. The summed E-state index contributed by atoms with van der Waals surface area (Å²) in [6.07, 6.45) is 0. The molecule has 114 valence electrons. The number of amides is 1. The fraction of sp³-hybridized carbons (Fsp3) is 0.294. The fourth-order valence-corrected chi connectivity index (χ4v) is 3.80. The average Bonchev–Trinajstić information content (AvgIpc) is 3.14. The number of thiophene rings is 1. The molecule has 4 nitrogen and oxygen atoms in total. The molecule has 0 radical (unpaired) electrons. The Morgan fingerprint density at radius 2 is 1.91 bits per heavy atom. The van der Waals surface area contributed by atoms with Crippen LogP contribution in [0.3, 0.4) is 0 Å². The smallest absolute Gasteiger partial charge is 0.308 e. The molecular formula is C17H17NO3S. The summed E-state index contributed by atoms with van der Waals surface area (Å²) < 4.78 is 0. The number of aliphatic carboxylic acids is 1. The predicted molar refractivity (Wildman–Crippen MR) is 85.9 cm³/mol. The topological polar surface area (TPSA) is 57.6 Å². The summed E-state index contributed by atoms with van der Waals surface area (Å²) in [4.78, 5) is 26.3. The Balaban J connectivity index is 1.86. The first-order valence-corrected chi connectivity index (χ1v) is 8.11. The van der Waals surface area contributed by atoms with Crippen molar-refractivity contribution in [3.05, 3.63) is 46.7 Å². The molecule has 3 rings (SSSR count). The van der Waals surface area contributed by atoms with Gasteiger partial charge >= 0.3 is 5.97 Å². The molecule has 1 aliphatic rings. The quantitative estimate of drug-likeness (QED) is 0.946. The van der Waals surface area contributed by atoms with Crippen LogP contribution in [0.1, 0.15) is 16.6 Å². The van der Waals surface area contributed by atoms with E-state index < -0.39 is 11.9 Å². The zero-order chi connectivity index (χ0) is 15.7. The first-order valence-electron chi connectivity index (χ1n) is 7.23. The lowest BCUT2D eigenvalue weighted by atomic mass is 9.99. The van der Waals surface area contributed by atoms with Gasteiger partial charge in [0.25, 0.3) is 5.91 Å². The summed E-state index contributed by atoms with van der Waals surface area (Å²) in [6, 6.07) is 11.7. The molecule has 1 amide bonds. The third kappa shape index (κ3) is 2.64. The van der Waals surface area contributed by atoms with E-state index in [-0.39, 0.29) is 11.8 Å². The lowest BCUT2D eigenvalue weighted by Gasteiger charge is -2.16. The molecule has 2 atom stereocenters. The number of carbonyl (C=O) groups is 2. The molecule has 5 heteroatoms. The van der Waals surface area contributed by atoms with Crippen LogP contribution in [-0.2, 0) is 4.79 Å². The van der Waals surface area contributed by atoms with E-state index in [1.807, 2.05) is 48.7 Å². The number of carbonyl (C=O) groups excluding carboxylic acids is 1. The number of carboxylic acids is 1. The van der Waals surface area contributed by atoms with Crippen molar-refractivity contribution >= 4 is 23.2 Å². The average molecular weight is 315 g/mol. The number of benzene rings is 1. The van der Waals surface area contributed by atoms with Gasteiger partial charge in [0.05, 0.1) is 10.8 Å². The molecule has 1 aliphatic heterocycles. The fourth-order valence-electron chi connectivity index (χ4n) is 2.92. The maximum absolute atomic E-state index is 12.8. The van der Waals surface area contributed by atoms with E-state index in [0.29, 0.717) is 18.0 Å². The van der Waals surface area contributed by atoms with E-state index in [0.717, 1.165) is 11.1 Å². The monoisotopic (exact) mass is 315 g/mol. The van der Waals surface area contributed by atoms with Crippen LogP contribution in [0, 0.1) is 11.8 Å². The zero-order valence-corrected chi connectivity index (χ0v) is 13.0. The molecule has 2 aromatic rings. The van der Waals surface area contributed by atoms with Crippen LogP contribution in [0.2, 0.25) is 0 Å². The van der Waals surface area contributed by atoms with Gasteiger partial charge in [0.15, 0.2) is 0 Å². The summed E-state index contributed by atoms with van der Waals surface area (Å²) in [5, 5.41) is 11.1. The Kier molecular flexibility index (Phi) is 3.98. The second-order valence-electron chi connectivity index (χ2n) is 5.66. The van der Waals surface area contributed by atoms with E-state index in [2.05, 4.69) is 0 Å². The van der Waals surface area contributed by atoms with E-state index in [4.69, 9.17) is 0 Å². The molecule has 0 aliphatic carbocycles. The molecule has 0 spiro atoms. The third-order valence-corrected chi connectivity index (χ3v) is 5.06. The van der Waals surface area contributed by atoms with Crippen LogP contribution >= 0.6 is 11.3 Å². The van der Waals surface area contributed by atoms with Gasteiger partial charge in [-0.3, -0.25) is 9.59 Å². The molecule has 0 saturated carbocycles. The molecule has 1 saturated heterocycles. The Bertz CT molecular complexity index is 695. The van der Waals surface area contributed by atoms with Crippen molar-refractivity contribution in [2.75, 3.05) is 13.1 Å². The Labute approximate surface area is 133 Å². The number of hydrogen-bond acceptors (Lipinski definition) is 3. The van der Waals surface area contributed by atoms with Gasteiger partial charge in [-0.1, -0.05) is 37.3 Å². The van der Waals surface area contributed by atoms with E-state index in [1.165, 1.54) is 11.3 Å². The van der Waals surface area contributed by atoms with Gasteiger partial charge in [-0.25, -0.2) is 0 Å². The second-order valence-corrected chi connectivity index (χ2v) is 6.58. The molecule has 0 unspecified atom stereocenters. The molecule has 1 aromatic carbocycles. The molecule has 2 heterocycles. The maximum atomic E-state index is 12.8. The molecule has 22 heavy (non-hydrogen) atoms. The van der Waals surface area contributed by atoms with Crippen LogP contribution in [0.4, 0.5) is 0 Å². The Morgan fingerprint density at radius 3 is 2.55 bits per heavy atom. The zero-order valence-electron chi connectivity index (χ0n) is 12.2. The van der Waals surface area contributed by atoms with Crippen molar-refractivity contribution in [3.8, 4) is 11.1 Å². The van der Waals surface area contributed by atoms with Crippen molar-refractivity contribution in [1.82, 2.24) is 4.90 Å². The third-order valence-electron chi connectivity index (χ3n) is 4.16. The minimum atomic E-state index is -0.822. The summed E-state index contributed by atoms with van der Waals surface area (Å²) in [6.45, 7) is 2.68. The van der Waals surface area contributed by atoms with Gasteiger partial charge in [-0.2, -0.15) is 0 Å². The standard InChI is InChI=1S/C17H17NO3S/c1-11-9-18(10-14(11)17(20)21)16(19)15-13(7-8-22-15)12-5-3-2-4-6-12/h2-8,11,14H,9-10H2,1H3,(H,20,21)/t11-,14-/m1/s1. The molecule has 1 N–H and O–H groups in total. The highest BCUT2D eigenvalue weighted by molar-refractivity contribution is 7.12. The predicted octanol–water partition coefficient (Wildman–Crippen LogP) is 3.21. The van der Waals surface area contributed by atoms with Crippen LogP contribution in [-0.4, -0.2) is 35.0 Å². The van der Waals surface area contributed by atoms with E-state index in [1.54, 1.807) is 4.90 Å². The second kappa shape index (κ2) is 5.93. The number of nitrogens with zero attached hydrogens (tertiary/aromatic N) is 1. The minimum Gasteiger partial charge on any atom is -0.481 e. The van der Waals surface area contributed by atoms with Crippen molar-refractivity contribution in [2.24, 2.45) is 11.8 Å². The van der Waals surface area contributed by atoms with Gasteiger partial charge in [-0.05, 0) is 22.9 Å². The van der Waals surface area contributed by atoms with Gasteiger partial charge in [0, 0.05) is 18.7 Å². The highest BCUT2D eigenvalue weighted by Gasteiger charge is 2.37. The summed E-state index contributed by atoms with van der Waals surface area (Å²) in [5.74, 6) is -1.37. The number of rotatable bonds is 3.